The molecule has 0 fully saturated rings. The van der Waals surface area contributed by atoms with Crippen LogP contribution < -0.4 is 0 Å². The summed E-state index contributed by atoms with van der Waals surface area (Å²) in [6.45, 7) is 1.20. The molecular weight excluding hydrogens is 322 g/mol. The van der Waals surface area contributed by atoms with Gasteiger partial charge in [-0.15, -0.1) is 0 Å². The van der Waals surface area contributed by atoms with E-state index in [9.17, 15) is 13.2 Å². The van der Waals surface area contributed by atoms with E-state index in [1.807, 2.05) is 0 Å². The largest absolute Gasteiger partial charge is 0.342 e. The van der Waals surface area contributed by atoms with Gasteiger partial charge in [-0.3, -0.25) is 4.55 Å². The second-order valence-electron chi connectivity index (χ2n) is 5.93. The molecule has 2 N–H and O–H groups in total. The first kappa shape index (κ1) is 24.6. The standard InChI is InChI=1S/C14H29NO3.CH4O3S/c1-15(2)13-11-9-7-5-3-4-6-8-10-12-14(16)18-17;1-5(2,3)4/h17H,3-13H2,1-2H3;1H3,(H,2,3,4). The number of rotatable bonds is 12. The van der Waals surface area contributed by atoms with E-state index in [4.69, 9.17) is 9.81 Å². The van der Waals surface area contributed by atoms with E-state index >= 15 is 0 Å². The Hall–Kier alpha value is -0.700. The lowest BCUT2D eigenvalue weighted by molar-refractivity contribution is -0.234. The van der Waals surface area contributed by atoms with E-state index in [2.05, 4.69) is 23.9 Å². The fraction of sp³-hybridized carbons (Fsp3) is 0.933. The zero-order valence-electron chi connectivity index (χ0n) is 14.7. The normalized spacial score (nSPS) is 11.0. The Bertz CT molecular complexity index is 362. The molecule has 0 radical (unpaired) electrons. The van der Waals surface area contributed by atoms with Crippen LogP contribution in [0.15, 0.2) is 0 Å². The van der Waals surface area contributed by atoms with Crippen LogP contribution in [0.25, 0.3) is 0 Å². The summed E-state index contributed by atoms with van der Waals surface area (Å²) in [6.07, 6.45) is 11.9. The summed E-state index contributed by atoms with van der Waals surface area (Å²) < 4.78 is 25.9. The molecule has 0 aromatic heterocycles. The third kappa shape index (κ3) is 33.9. The fourth-order valence-electron chi connectivity index (χ4n) is 1.98. The maximum atomic E-state index is 10.6. The molecule has 0 rings (SSSR count). The lowest BCUT2D eigenvalue weighted by Gasteiger charge is -2.08. The van der Waals surface area contributed by atoms with Crippen molar-refractivity contribution in [2.24, 2.45) is 0 Å². The van der Waals surface area contributed by atoms with Crippen LogP contribution >= 0.6 is 0 Å². The fourth-order valence-corrected chi connectivity index (χ4v) is 1.98. The summed E-state index contributed by atoms with van der Waals surface area (Å²) in [6, 6.07) is 0. The predicted octanol–water partition coefficient (Wildman–Crippen LogP) is 2.97. The molecule has 140 valence electrons. The maximum absolute atomic E-state index is 10.6. The van der Waals surface area contributed by atoms with Gasteiger partial charge >= 0.3 is 5.97 Å². The van der Waals surface area contributed by atoms with Crippen molar-refractivity contribution < 1.29 is 27.9 Å². The highest BCUT2D eigenvalue weighted by Crippen LogP contribution is 2.10. The number of carbonyl (C=O) groups excluding carboxylic acids is 1. The molecule has 0 aliphatic heterocycles. The number of nitrogens with zero attached hydrogens (tertiary/aromatic N) is 1. The number of hydrogen-bond donors (Lipinski definition) is 2. The van der Waals surface area contributed by atoms with Gasteiger partial charge in [0.1, 0.15) is 0 Å². The molecule has 0 saturated heterocycles. The highest BCUT2D eigenvalue weighted by atomic mass is 32.2. The first-order valence-electron chi connectivity index (χ1n) is 8.08. The van der Waals surface area contributed by atoms with Crippen molar-refractivity contribution in [2.45, 2.75) is 64.2 Å². The van der Waals surface area contributed by atoms with Gasteiger partial charge in [0.15, 0.2) is 0 Å². The second kappa shape index (κ2) is 16.2. The summed E-state index contributed by atoms with van der Waals surface area (Å²) in [5.41, 5.74) is 0. The van der Waals surface area contributed by atoms with Gasteiger partial charge in [-0.2, -0.15) is 13.7 Å². The lowest BCUT2D eigenvalue weighted by Crippen LogP contribution is -2.12. The number of unbranched alkanes of at least 4 members (excludes halogenated alkanes) is 8. The first-order chi connectivity index (χ1) is 10.7. The third-order valence-electron chi connectivity index (χ3n) is 3.09. The zero-order valence-corrected chi connectivity index (χ0v) is 15.5. The quantitative estimate of drug-likeness (QED) is 0.240. The van der Waals surface area contributed by atoms with Crippen molar-refractivity contribution in [3.05, 3.63) is 0 Å². The lowest BCUT2D eigenvalue weighted by atomic mass is 10.1. The summed E-state index contributed by atoms with van der Waals surface area (Å²) in [5.74, 6) is -0.518. The molecule has 0 spiro atoms. The molecular formula is C15H33NO6S. The molecule has 0 bridgehead atoms. The van der Waals surface area contributed by atoms with Crippen LogP contribution in [0.2, 0.25) is 0 Å². The predicted molar refractivity (Wildman–Crippen MR) is 90.9 cm³/mol. The van der Waals surface area contributed by atoms with Crippen LogP contribution in [0, 0.1) is 0 Å². The molecule has 0 saturated carbocycles. The highest BCUT2D eigenvalue weighted by molar-refractivity contribution is 7.85. The maximum Gasteiger partial charge on any atom is 0.342 e. The average Bonchev–Trinajstić information content (AvgIpc) is 2.42. The molecule has 0 atom stereocenters. The van der Waals surface area contributed by atoms with Crippen molar-refractivity contribution in [3.63, 3.8) is 0 Å². The van der Waals surface area contributed by atoms with E-state index in [-0.39, 0.29) is 0 Å². The molecule has 0 aromatic rings. The summed E-state index contributed by atoms with van der Waals surface area (Å²) in [7, 11) is 0.569. The third-order valence-corrected chi connectivity index (χ3v) is 3.09. The molecule has 7 nitrogen and oxygen atoms in total. The average molecular weight is 355 g/mol. The van der Waals surface area contributed by atoms with Gasteiger partial charge in [-0.25, -0.2) is 4.79 Å². The van der Waals surface area contributed by atoms with E-state index < -0.39 is 16.1 Å². The van der Waals surface area contributed by atoms with Crippen molar-refractivity contribution in [2.75, 3.05) is 26.9 Å². The Labute approximate surface area is 140 Å². The van der Waals surface area contributed by atoms with Gasteiger partial charge in [0.2, 0.25) is 0 Å². The second-order valence-corrected chi connectivity index (χ2v) is 7.40. The van der Waals surface area contributed by atoms with Crippen molar-refractivity contribution in [3.8, 4) is 0 Å². The summed E-state index contributed by atoms with van der Waals surface area (Å²) in [5, 5.41) is 8.06. The van der Waals surface area contributed by atoms with Crippen LogP contribution in [-0.4, -0.2) is 56.0 Å². The molecule has 0 aromatic carbocycles. The molecule has 0 aliphatic carbocycles. The summed E-state index contributed by atoms with van der Waals surface area (Å²) in [4.78, 5) is 16.5. The Morgan fingerprint density at radius 1 is 0.913 bits per heavy atom. The minimum atomic E-state index is -3.67. The van der Waals surface area contributed by atoms with Crippen molar-refractivity contribution >= 4 is 16.1 Å². The molecule has 0 amide bonds. The van der Waals surface area contributed by atoms with Crippen molar-refractivity contribution in [1.82, 2.24) is 4.90 Å². The van der Waals surface area contributed by atoms with Crippen LogP contribution in [-0.2, 0) is 19.8 Å². The van der Waals surface area contributed by atoms with Crippen LogP contribution in [0.1, 0.15) is 64.2 Å². The molecule has 0 aliphatic rings. The van der Waals surface area contributed by atoms with E-state index in [0.717, 1.165) is 12.8 Å². The minimum absolute atomic E-state index is 0.334. The topological polar surface area (TPSA) is 104 Å². The SMILES string of the molecule is CN(C)CCCCCCCCCCCC(=O)OO.CS(=O)(=O)O. The Morgan fingerprint density at radius 2 is 1.26 bits per heavy atom. The van der Waals surface area contributed by atoms with E-state index in [0.29, 0.717) is 12.7 Å². The molecule has 23 heavy (non-hydrogen) atoms. The molecule has 0 unspecified atom stereocenters. The van der Waals surface area contributed by atoms with Gasteiger partial charge in [0.05, 0.1) is 6.26 Å². The van der Waals surface area contributed by atoms with Gasteiger partial charge in [0.25, 0.3) is 10.1 Å². The van der Waals surface area contributed by atoms with Gasteiger partial charge < -0.3 is 9.79 Å². The van der Waals surface area contributed by atoms with E-state index in [1.54, 1.807) is 0 Å². The minimum Gasteiger partial charge on any atom is -0.309 e. The highest BCUT2D eigenvalue weighted by Gasteiger charge is 2.00. The molecule has 0 heterocycles. The van der Waals surface area contributed by atoms with Crippen molar-refractivity contribution in [1.29, 1.82) is 0 Å². The zero-order chi connectivity index (χ0) is 18.1. The van der Waals surface area contributed by atoms with E-state index in [1.165, 1.54) is 51.5 Å². The van der Waals surface area contributed by atoms with Crippen LogP contribution in [0.4, 0.5) is 0 Å². The Kier molecular flexibility index (Phi) is 17.3. The Balaban J connectivity index is 0. The van der Waals surface area contributed by atoms with Crippen LogP contribution in [0.3, 0.4) is 0 Å². The Morgan fingerprint density at radius 3 is 1.61 bits per heavy atom. The number of carbonyl (C=O) groups is 1. The monoisotopic (exact) mass is 355 g/mol. The summed E-state index contributed by atoms with van der Waals surface area (Å²) >= 11 is 0. The first-order valence-corrected chi connectivity index (χ1v) is 9.93. The molecule has 8 heteroatoms. The van der Waals surface area contributed by atoms with Gasteiger partial charge in [-0.1, -0.05) is 44.9 Å². The van der Waals surface area contributed by atoms with Crippen LogP contribution in [0.5, 0.6) is 0 Å². The van der Waals surface area contributed by atoms with Gasteiger partial charge in [0, 0.05) is 6.42 Å². The smallest absolute Gasteiger partial charge is 0.309 e. The number of hydrogen-bond acceptors (Lipinski definition) is 6. The van der Waals surface area contributed by atoms with Gasteiger partial charge in [-0.05, 0) is 33.5 Å².